The van der Waals surface area contributed by atoms with Gasteiger partial charge < -0.3 is 14.4 Å². The van der Waals surface area contributed by atoms with Crippen LogP contribution in [0.5, 0.6) is 11.5 Å². The van der Waals surface area contributed by atoms with E-state index in [1.165, 1.54) is 12.1 Å². The SMILES string of the molecule is O=C(COc1ccccc1)N1CCC(Oc2ccc(F)cc2)CC1. The first-order chi connectivity index (χ1) is 11.7. The van der Waals surface area contributed by atoms with E-state index in [0.29, 0.717) is 24.6 Å². The Hall–Kier alpha value is -2.56. The Labute approximate surface area is 140 Å². The summed E-state index contributed by atoms with van der Waals surface area (Å²) in [6, 6.07) is 15.3. The number of benzene rings is 2. The zero-order chi connectivity index (χ0) is 16.8. The molecule has 0 unspecified atom stereocenters. The van der Waals surface area contributed by atoms with E-state index >= 15 is 0 Å². The van der Waals surface area contributed by atoms with Crippen molar-refractivity contribution in [1.82, 2.24) is 4.90 Å². The number of para-hydroxylation sites is 1. The first-order valence-corrected chi connectivity index (χ1v) is 8.08. The van der Waals surface area contributed by atoms with E-state index in [4.69, 9.17) is 9.47 Å². The lowest BCUT2D eigenvalue weighted by Crippen LogP contribution is -2.43. The molecule has 0 saturated carbocycles. The van der Waals surface area contributed by atoms with Crippen molar-refractivity contribution in [3.63, 3.8) is 0 Å². The van der Waals surface area contributed by atoms with Crippen LogP contribution in [-0.4, -0.2) is 36.6 Å². The van der Waals surface area contributed by atoms with Crippen LogP contribution in [-0.2, 0) is 4.79 Å². The minimum Gasteiger partial charge on any atom is -0.490 e. The number of halogens is 1. The lowest BCUT2D eigenvalue weighted by atomic mass is 10.1. The Morgan fingerprint density at radius 3 is 2.33 bits per heavy atom. The van der Waals surface area contributed by atoms with Crippen LogP contribution in [0, 0.1) is 5.82 Å². The Morgan fingerprint density at radius 1 is 1.00 bits per heavy atom. The molecular formula is C19H20FNO3. The molecule has 0 bridgehead atoms. The van der Waals surface area contributed by atoms with Gasteiger partial charge >= 0.3 is 0 Å². The molecule has 1 fully saturated rings. The first-order valence-electron chi connectivity index (χ1n) is 8.08. The molecule has 2 aromatic rings. The van der Waals surface area contributed by atoms with Gasteiger partial charge in [0.2, 0.25) is 0 Å². The average Bonchev–Trinajstić information content (AvgIpc) is 2.63. The van der Waals surface area contributed by atoms with Gasteiger partial charge in [0, 0.05) is 25.9 Å². The van der Waals surface area contributed by atoms with Crippen LogP contribution in [0.15, 0.2) is 54.6 Å². The smallest absolute Gasteiger partial charge is 0.260 e. The number of hydrogen-bond acceptors (Lipinski definition) is 3. The van der Waals surface area contributed by atoms with Gasteiger partial charge in [0.15, 0.2) is 6.61 Å². The minimum atomic E-state index is -0.277. The van der Waals surface area contributed by atoms with E-state index in [2.05, 4.69) is 0 Å². The largest absolute Gasteiger partial charge is 0.490 e. The molecule has 1 aliphatic heterocycles. The van der Waals surface area contributed by atoms with Gasteiger partial charge in [-0.25, -0.2) is 4.39 Å². The Kier molecular flexibility index (Phi) is 5.31. The predicted octanol–water partition coefficient (Wildman–Crippen LogP) is 3.27. The molecule has 24 heavy (non-hydrogen) atoms. The van der Waals surface area contributed by atoms with E-state index in [-0.39, 0.29) is 24.4 Å². The third-order valence-corrected chi connectivity index (χ3v) is 4.02. The highest BCUT2D eigenvalue weighted by Crippen LogP contribution is 2.19. The van der Waals surface area contributed by atoms with Crippen LogP contribution in [0.4, 0.5) is 4.39 Å². The highest BCUT2D eigenvalue weighted by Gasteiger charge is 2.24. The maximum atomic E-state index is 12.9. The molecule has 2 aromatic carbocycles. The van der Waals surface area contributed by atoms with Crippen LogP contribution in [0.3, 0.4) is 0 Å². The topological polar surface area (TPSA) is 38.8 Å². The van der Waals surface area contributed by atoms with E-state index in [9.17, 15) is 9.18 Å². The predicted molar refractivity (Wildman–Crippen MR) is 88.6 cm³/mol. The van der Waals surface area contributed by atoms with Gasteiger partial charge in [-0.05, 0) is 36.4 Å². The Balaban J connectivity index is 1.42. The summed E-state index contributed by atoms with van der Waals surface area (Å²) in [6.07, 6.45) is 1.57. The number of rotatable bonds is 5. The molecule has 0 radical (unpaired) electrons. The van der Waals surface area contributed by atoms with Gasteiger partial charge in [0.25, 0.3) is 5.91 Å². The third kappa shape index (κ3) is 4.47. The minimum absolute atomic E-state index is 0.0147. The number of hydrogen-bond donors (Lipinski definition) is 0. The molecule has 0 atom stereocenters. The van der Waals surface area contributed by atoms with Crippen LogP contribution < -0.4 is 9.47 Å². The van der Waals surface area contributed by atoms with Crippen LogP contribution in [0.1, 0.15) is 12.8 Å². The molecule has 1 amide bonds. The molecule has 1 aliphatic rings. The summed E-state index contributed by atoms with van der Waals surface area (Å²) in [5.74, 6) is 1.06. The fourth-order valence-electron chi connectivity index (χ4n) is 2.68. The first kappa shape index (κ1) is 16.3. The van der Waals surface area contributed by atoms with Crippen molar-refractivity contribution in [3.05, 3.63) is 60.4 Å². The van der Waals surface area contributed by atoms with Crippen molar-refractivity contribution in [2.45, 2.75) is 18.9 Å². The summed E-state index contributed by atoms with van der Waals surface area (Å²) in [4.78, 5) is 14.0. The van der Waals surface area contributed by atoms with Crippen molar-refractivity contribution in [1.29, 1.82) is 0 Å². The van der Waals surface area contributed by atoms with E-state index in [1.807, 2.05) is 30.3 Å². The second kappa shape index (κ2) is 7.81. The number of likely N-dealkylation sites (tertiary alicyclic amines) is 1. The van der Waals surface area contributed by atoms with Crippen LogP contribution in [0.25, 0.3) is 0 Å². The van der Waals surface area contributed by atoms with Gasteiger partial charge in [0.1, 0.15) is 23.4 Å². The zero-order valence-electron chi connectivity index (χ0n) is 13.4. The fraction of sp³-hybridized carbons (Fsp3) is 0.316. The van der Waals surface area contributed by atoms with E-state index in [1.54, 1.807) is 17.0 Å². The Morgan fingerprint density at radius 2 is 1.67 bits per heavy atom. The van der Waals surface area contributed by atoms with Crippen molar-refractivity contribution >= 4 is 5.91 Å². The second-order valence-corrected chi connectivity index (χ2v) is 5.75. The molecule has 0 spiro atoms. The van der Waals surface area contributed by atoms with E-state index < -0.39 is 0 Å². The summed E-state index contributed by atoms with van der Waals surface area (Å²) in [5.41, 5.74) is 0. The summed E-state index contributed by atoms with van der Waals surface area (Å²) in [6.45, 7) is 1.33. The fourth-order valence-corrected chi connectivity index (χ4v) is 2.68. The van der Waals surface area contributed by atoms with Crippen molar-refractivity contribution in [2.75, 3.05) is 19.7 Å². The molecule has 5 heteroatoms. The highest BCUT2D eigenvalue weighted by atomic mass is 19.1. The second-order valence-electron chi connectivity index (χ2n) is 5.75. The monoisotopic (exact) mass is 329 g/mol. The van der Waals surface area contributed by atoms with Gasteiger partial charge in [0.05, 0.1) is 0 Å². The lowest BCUT2D eigenvalue weighted by Gasteiger charge is -2.32. The van der Waals surface area contributed by atoms with Gasteiger partial charge in [-0.15, -0.1) is 0 Å². The van der Waals surface area contributed by atoms with Crippen LogP contribution in [0.2, 0.25) is 0 Å². The molecule has 1 heterocycles. The number of carbonyl (C=O) groups excluding carboxylic acids is 1. The van der Waals surface area contributed by atoms with E-state index in [0.717, 1.165) is 12.8 Å². The lowest BCUT2D eigenvalue weighted by molar-refractivity contribution is -0.135. The normalized spacial score (nSPS) is 15.1. The van der Waals surface area contributed by atoms with Crippen molar-refractivity contribution in [3.8, 4) is 11.5 Å². The number of carbonyl (C=O) groups is 1. The standard InChI is InChI=1S/C19H20FNO3/c20-15-6-8-17(9-7-15)24-18-10-12-21(13-11-18)19(22)14-23-16-4-2-1-3-5-16/h1-9,18H,10-14H2. The summed E-state index contributed by atoms with van der Waals surface area (Å²) < 4.78 is 24.2. The van der Waals surface area contributed by atoms with Crippen LogP contribution >= 0.6 is 0 Å². The van der Waals surface area contributed by atoms with Crippen molar-refractivity contribution in [2.24, 2.45) is 0 Å². The molecule has 126 valence electrons. The summed E-state index contributed by atoms with van der Waals surface area (Å²) in [5, 5.41) is 0. The molecule has 0 aliphatic carbocycles. The molecular weight excluding hydrogens is 309 g/mol. The highest BCUT2D eigenvalue weighted by molar-refractivity contribution is 5.77. The van der Waals surface area contributed by atoms with Gasteiger partial charge in [-0.3, -0.25) is 4.79 Å². The third-order valence-electron chi connectivity index (χ3n) is 4.02. The summed E-state index contributed by atoms with van der Waals surface area (Å²) >= 11 is 0. The van der Waals surface area contributed by atoms with Gasteiger partial charge in [-0.1, -0.05) is 18.2 Å². The quantitative estimate of drug-likeness (QED) is 0.845. The number of amides is 1. The molecule has 0 aromatic heterocycles. The molecule has 1 saturated heterocycles. The maximum absolute atomic E-state index is 12.9. The number of ether oxygens (including phenoxy) is 2. The molecule has 4 nitrogen and oxygen atoms in total. The van der Waals surface area contributed by atoms with Gasteiger partial charge in [-0.2, -0.15) is 0 Å². The maximum Gasteiger partial charge on any atom is 0.260 e. The molecule has 3 rings (SSSR count). The number of nitrogens with zero attached hydrogens (tertiary/aromatic N) is 1. The Bertz CT molecular complexity index is 652. The summed E-state index contributed by atoms with van der Waals surface area (Å²) in [7, 11) is 0. The van der Waals surface area contributed by atoms with Crippen molar-refractivity contribution < 1.29 is 18.7 Å². The zero-order valence-corrected chi connectivity index (χ0v) is 13.4. The average molecular weight is 329 g/mol. The molecule has 0 N–H and O–H groups in total. The number of piperidine rings is 1.